The number of carboxylic acids is 4. The summed E-state index contributed by atoms with van der Waals surface area (Å²) in [6.45, 7) is -2.25. The molecule has 0 aromatic heterocycles. The van der Waals surface area contributed by atoms with E-state index in [1.54, 1.807) is 0 Å². The molecule has 11 nitrogen and oxygen atoms in total. The van der Waals surface area contributed by atoms with Crippen molar-refractivity contribution in [1.29, 1.82) is 0 Å². The van der Waals surface area contributed by atoms with Gasteiger partial charge in [0.25, 0.3) is 0 Å². The number of hydrogen-bond acceptors (Lipinski definition) is 6. The van der Waals surface area contributed by atoms with E-state index < -0.39 is 50.1 Å². The molecular formula is C10H18HgN2O9. The van der Waals surface area contributed by atoms with E-state index >= 15 is 0 Å². The number of hydrogen-bond donors (Lipinski definition) is 4. The van der Waals surface area contributed by atoms with E-state index in [9.17, 15) is 19.2 Å². The van der Waals surface area contributed by atoms with E-state index in [0.717, 1.165) is 9.80 Å². The van der Waals surface area contributed by atoms with Crippen molar-refractivity contribution in [3.05, 3.63) is 0 Å². The molecule has 0 aliphatic heterocycles. The zero-order valence-corrected chi connectivity index (χ0v) is 17.3. The Morgan fingerprint density at radius 2 is 0.773 bits per heavy atom. The smallest absolute Gasteiger partial charge is 0.317 e. The summed E-state index contributed by atoms with van der Waals surface area (Å²) < 4.78 is 0. The molecule has 124 valence electrons. The summed E-state index contributed by atoms with van der Waals surface area (Å²) in [6.07, 6.45) is 0. The summed E-state index contributed by atoms with van der Waals surface area (Å²) in [5.74, 6) is -4.91. The predicted molar refractivity (Wildman–Crippen MR) is 67.0 cm³/mol. The van der Waals surface area contributed by atoms with E-state index in [0.29, 0.717) is 0 Å². The van der Waals surface area contributed by atoms with Gasteiger partial charge in [-0.15, -0.1) is 0 Å². The number of carbonyl (C=O) groups is 4. The van der Waals surface area contributed by atoms with Crippen molar-refractivity contribution in [3.8, 4) is 0 Å². The standard InChI is InChI=1S/C10H16N2O8.Hg.H2O/c13-7(14)3-11(4-8(15)16)1-2-12(5-9(17)18)6-10(19)20;;/h1-6H2,(H,13,14)(H,15,16)(H,17,18)(H,19,20);;1H2. The Hall–Kier alpha value is -1.30. The molecule has 0 radical (unpaired) electrons. The molecule has 12 heteroatoms. The van der Waals surface area contributed by atoms with Gasteiger partial charge in [-0.2, -0.15) is 0 Å². The minimum atomic E-state index is -1.23. The molecule has 0 unspecified atom stereocenters. The molecule has 0 aliphatic carbocycles. The third kappa shape index (κ3) is 15.1. The zero-order valence-electron chi connectivity index (χ0n) is 11.8. The first-order valence-corrected chi connectivity index (χ1v) is 5.52. The topological polar surface area (TPSA) is 187 Å². The summed E-state index contributed by atoms with van der Waals surface area (Å²) in [7, 11) is 0. The fourth-order valence-electron chi connectivity index (χ4n) is 1.48. The number of nitrogens with zero attached hydrogens (tertiary/aromatic N) is 2. The van der Waals surface area contributed by atoms with Gasteiger partial charge in [0.2, 0.25) is 0 Å². The fourth-order valence-corrected chi connectivity index (χ4v) is 1.48. The molecule has 0 saturated heterocycles. The van der Waals surface area contributed by atoms with E-state index in [2.05, 4.69) is 0 Å². The second-order valence-corrected chi connectivity index (χ2v) is 4.00. The minimum absolute atomic E-state index is 0. The van der Waals surface area contributed by atoms with Crippen LogP contribution in [0, 0.1) is 0 Å². The van der Waals surface area contributed by atoms with Crippen LogP contribution >= 0.6 is 0 Å². The maximum absolute atomic E-state index is 10.6. The molecule has 6 N–H and O–H groups in total. The van der Waals surface area contributed by atoms with E-state index in [1.165, 1.54) is 0 Å². The van der Waals surface area contributed by atoms with Crippen LogP contribution in [0.4, 0.5) is 0 Å². The molecule has 0 bridgehead atoms. The van der Waals surface area contributed by atoms with Crippen LogP contribution in [0.3, 0.4) is 0 Å². The van der Waals surface area contributed by atoms with Crippen molar-refractivity contribution >= 4 is 23.9 Å². The summed E-state index contributed by atoms with van der Waals surface area (Å²) in [5, 5.41) is 34.5. The molecule has 0 fully saturated rings. The predicted octanol–water partition coefficient (Wildman–Crippen LogP) is -2.90. The molecule has 0 aliphatic rings. The molecule has 0 aromatic carbocycles. The van der Waals surface area contributed by atoms with Crippen LogP contribution in [0.2, 0.25) is 0 Å². The Balaban J connectivity index is -0.00000180. The second-order valence-electron chi connectivity index (χ2n) is 4.00. The van der Waals surface area contributed by atoms with Crippen LogP contribution < -0.4 is 0 Å². The van der Waals surface area contributed by atoms with Crippen molar-refractivity contribution in [2.75, 3.05) is 39.3 Å². The molecule has 0 spiro atoms. The summed E-state index contributed by atoms with van der Waals surface area (Å²) in [5.41, 5.74) is 0. The first kappa shape index (κ1) is 25.6. The summed E-state index contributed by atoms with van der Waals surface area (Å²) in [4.78, 5) is 44.4. The Kier molecular flexibility index (Phi) is 15.6. The van der Waals surface area contributed by atoms with E-state index in [1.807, 2.05) is 0 Å². The molecule has 0 amide bonds. The second kappa shape index (κ2) is 13.4. The van der Waals surface area contributed by atoms with E-state index in [4.69, 9.17) is 20.4 Å². The van der Waals surface area contributed by atoms with Gasteiger partial charge in [-0.05, 0) is 0 Å². The maximum Gasteiger partial charge on any atom is 0.317 e. The van der Waals surface area contributed by atoms with Gasteiger partial charge in [0.05, 0.1) is 26.2 Å². The van der Waals surface area contributed by atoms with E-state index in [-0.39, 0.29) is 46.2 Å². The molecule has 0 aromatic rings. The molecular weight excluding hydrogens is 493 g/mol. The largest absolute Gasteiger partial charge is 0.480 e. The Morgan fingerprint density at radius 3 is 0.909 bits per heavy atom. The van der Waals surface area contributed by atoms with Crippen LogP contribution in [0.1, 0.15) is 0 Å². The van der Waals surface area contributed by atoms with Crippen molar-refractivity contribution in [3.63, 3.8) is 0 Å². The van der Waals surface area contributed by atoms with Gasteiger partial charge < -0.3 is 25.9 Å². The van der Waals surface area contributed by atoms with Crippen molar-refractivity contribution in [1.82, 2.24) is 9.80 Å². The normalized spacial score (nSPS) is 9.73. The van der Waals surface area contributed by atoms with Gasteiger partial charge in [-0.25, -0.2) is 0 Å². The monoisotopic (exact) mass is 512 g/mol. The zero-order chi connectivity index (χ0) is 15.7. The van der Waals surface area contributed by atoms with Crippen molar-refractivity contribution in [2.45, 2.75) is 0 Å². The van der Waals surface area contributed by atoms with Gasteiger partial charge in [-0.3, -0.25) is 29.0 Å². The fraction of sp³-hybridized carbons (Fsp3) is 0.600. The van der Waals surface area contributed by atoms with Crippen molar-refractivity contribution in [2.24, 2.45) is 0 Å². The van der Waals surface area contributed by atoms with Crippen LogP contribution in [-0.2, 0) is 46.8 Å². The van der Waals surface area contributed by atoms with Gasteiger partial charge >= 0.3 is 23.9 Å². The number of aliphatic carboxylic acids is 4. The number of carboxylic acid groups (broad SMARTS) is 4. The average Bonchev–Trinajstić information content (AvgIpc) is 2.22. The minimum Gasteiger partial charge on any atom is -0.480 e. The number of rotatable bonds is 11. The van der Waals surface area contributed by atoms with Gasteiger partial charge in [0.15, 0.2) is 0 Å². The quantitative estimate of drug-likeness (QED) is 0.210. The van der Waals surface area contributed by atoms with Gasteiger partial charge in [0.1, 0.15) is 0 Å². The average molecular weight is 511 g/mol. The SMILES string of the molecule is O.O=C(O)CN(CCN(CC(=O)O)CC(=O)O)CC(=O)O.[Hg]. The van der Waals surface area contributed by atoms with Crippen LogP contribution in [0.15, 0.2) is 0 Å². The van der Waals surface area contributed by atoms with Gasteiger partial charge in [0, 0.05) is 40.8 Å². The molecule has 0 heterocycles. The van der Waals surface area contributed by atoms with Crippen LogP contribution in [0.5, 0.6) is 0 Å². The Bertz CT molecular complexity index is 323. The van der Waals surface area contributed by atoms with Gasteiger partial charge in [-0.1, -0.05) is 0 Å². The Morgan fingerprint density at radius 1 is 0.591 bits per heavy atom. The summed E-state index contributed by atoms with van der Waals surface area (Å²) >= 11 is 0. The first-order valence-electron chi connectivity index (χ1n) is 5.52. The first-order chi connectivity index (χ1) is 9.20. The molecule has 0 saturated carbocycles. The maximum atomic E-state index is 10.6. The van der Waals surface area contributed by atoms with Crippen molar-refractivity contribution < 1.29 is 72.7 Å². The van der Waals surface area contributed by atoms with Crippen LogP contribution in [0.25, 0.3) is 0 Å². The molecule has 22 heavy (non-hydrogen) atoms. The third-order valence-corrected chi connectivity index (χ3v) is 2.17. The Labute approximate surface area is 145 Å². The molecule has 0 atom stereocenters. The third-order valence-electron chi connectivity index (χ3n) is 2.17. The molecule has 0 rings (SSSR count). The van der Waals surface area contributed by atoms with Crippen LogP contribution in [-0.4, -0.2) is 98.8 Å². The summed E-state index contributed by atoms with van der Waals surface area (Å²) in [6, 6.07) is 0.